The first-order valence-electron chi connectivity index (χ1n) is 9.23. The number of carbonyl (C=O) groups excluding carboxylic acids is 2. The summed E-state index contributed by atoms with van der Waals surface area (Å²) in [5.74, 6) is -1.03. The van der Waals surface area contributed by atoms with Crippen LogP contribution in [0.15, 0.2) is 42.5 Å². The lowest BCUT2D eigenvalue weighted by Crippen LogP contribution is -2.19. The molecule has 2 amide bonds. The van der Waals surface area contributed by atoms with Crippen molar-refractivity contribution in [2.75, 3.05) is 29.1 Å². The SMILES string of the molecule is CCCCN(C)c1ccc(C(=O)Nc2cc(C(F)(F)F)ccc2NC(C)=O)cc1. The third-order valence-electron chi connectivity index (χ3n) is 4.32. The number of anilines is 3. The van der Waals surface area contributed by atoms with Crippen molar-refractivity contribution in [2.45, 2.75) is 32.9 Å². The number of amides is 2. The fourth-order valence-corrected chi connectivity index (χ4v) is 2.71. The highest BCUT2D eigenvalue weighted by Crippen LogP contribution is 2.34. The first-order chi connectivity index (χ1) is 13.6. The number of halogens is 3. The van der Waals surface area contributed by atoms with E-state index in [1.54, 1.807) is 24.3 Å². The topological polar surface area (TPSA) is 61.4 Å². The zero-order valence-corrected chi connectivity index (χ0v) is 16.6. The molecule has 0 spiro atoms. The standard InChI is InChI=1S/C21H24F3N3O2/c1-4-5-12-27(3)17-9-6-15(7-10-17)20(29)26-19-13-16(21(22,23)24)8-11-18(19)25-14(2)28/h6-11,13H,4-5,12H2,1-3H3,(H,25,28)(H,26,29). The van der Waals surface area contributed by atoms with Gasteiger partial charge in [-0.3, -0.25) is 9.59 Å². The highest BCUT2D eigenvalue weighted by atomic mass is 19.4. The van der Waals surface area contributed by atoms with Gasteiger partial charge in [-0.1, -0.05) is 13.3 Å². The van der Waals surface area contributed by atoms with Crippen LogP contribution in [0.25, 0.3) is 0 Å². The van der Waals surface area contributed by atoms with Crippen LogP contribution in [0.5, 0.6) is 0 Å². The highest BCUT2D eigenvalue weighted by molar-refractivity contribution is 6.07. The predicted octanol–water partition coefficient (Wildman–Crippen LogP) is 5.15. The van der Waals surface area contributed by atoms with Gasteiger partial charge in [0.1, 0.15) is 0 Å². The van der Waals surface area contributed by atoms with E-state index in [4.69, 9.17) is 0 Å². The van der Waals surface area contributed by atoms with E-state index in [1.165, 1.54) is 6.92 Å². The van der Waals surface area contributed by atoms with Gasteiger partial charge in [0.15, 0.2) is 0 Å². The molecule has 0 fully saturated rings. The lowest BCUT2D eigenvalue weighted by molar-refractivity contribution is -0.137. The zero-order valence-electron chi connectivity index (χ0n) is 16.6. The molecule has 2 N–H and O–H groups in total. The van der Waals surface area contributed by atoms with Crippen LogP contribution in [0.4, 0.5) is 30.2 Å². The molecule has 8 heteroatoms. The molecule has 0 aromatic heterocycles. The molecule has 0 heterocycles. The van der Waals surface area contributed by atoms with Gasteiger partial charge in [0.25, 0.3) is 5.91 Å². The minimum atomic E-state index is -4.57. The van der Waals surface area contributed by atoms with Crippen LogP contribution in [0.2, 0.25) is 0 Å². The number of benzene rings is 2. The normalized spacial score (nSPS) is 11.1. The van der Waals surface area contributed by atoms with Gasteiger partial charge in [0.2, 0.25) is 5.91 Å². The Labute approximate surface area is 167 Å². The van der Waals surface area contributed by atoms with E-state index in [0.29, 0.717) is 5.56 Å². The quantitative estimate of drug-likeness (QED) is 0.667. The molecular weight excluding hydrogens is 383 g/mol. The summed E-state index contributed by atoms with van der Waals surface area (Å²) in [6, 6.07) is 9.55. The minimum Gasteiger partial charge on any atom is -0.375 e. The second-order valence-electron chi connectivity index (χ2n) is 6.72. The maximum Gasteiger partial charge on any atom is 0.416 e. The van der Waals surface area contributed by atoms with Crippen molar-refractivity contribution in [2.24, 2.45) is 0 Å². The number of nitrogens with zero attached hydrogens (tertiary/aromatic N) is 1. The van der Waals surface area contributed by atoms with Gasteiger partial charge in [-0.2, -0.15) is 13.2 Å². The molecule has 0 radical (unpaired) electrons. The summed E-state index contributed by atoms with van der Waals surface area (Å²) in [6.45, 7) is 4.22. The maximum atomic E-state index is 13.0. The van der Waals surface area contributed by atoms with Crippen LogP contribution in [0, 0.1) is 0 Å². The highest BCUT2D eigenvalue weighted by Gasteiger charge is 2.31. The van der Waals surface area contributed by atoms with Gasteiger partial charge < -0.3 is 15.5 Å². The van der Waals surface area contributed by atoms with E-state index in [9.17, 15) is 22.8 Å². The van der Waals surface area contributed by atoms with Crippen molar-refractivity contribution in [3.05, 3.63) is 53.6 Å². The second-order valence-corrected chi connectivity index (χ2v) is 6.72. The molecule has 0 aliphatic carbocycles. The number of rotatable bonds is 7. The fourth-order valence-electron chi connectivity index (χ4n) is 2.71. The van der Waals surface area contributed by atoms with Crippen LogP contribution in [0.1, 0.15) is 42.6 Å². The maximum absolute atomic E-state index is 13.0. The number of carbonyl (C=O) groups is 2. The smallest absolute Gasteiger partial charge is 0.375 e. The van der Waals surface area contributed by atoms with E-state index in [-0.39, 0.29) is 11.4 Å². The Morgan fingerprint density at radius 3 is 2.21 bits per heavy atom. The molecule has 29 heavy (non-hydrogen) atoms. The Morgan fingerprint density at radius 2 is 1.66 bits per heavy atom. The van der Waals surface area contributed by atoms with E-state index < -0.39 is 23.6 Å². The van der Waals surface area contributed by atoms with Gasteiger partial charge in [0.05, 0.1) is 16.9 Å². The van der Waals surface area contributed by atoms with Crippen LogP contribution in [-0.2, 0) is 11.0 Å². The Morgan fingerprint density at radius 1 is 1.00 bits per heavy atom. The van der Waals surface area contributed by atoms with E-state index in [2.05, 4.69) is 22.5 Å². The average molecular weight is 407 g/mol. The molecule has 2 aromatic rings. The van der Waals surface area contributed by atoms with Crippen molar-refractivity contribution < 1.29 is 22.8 Å². The Bertz CT molecular complexity index is 864. The largest absolute Gasteiger partial charge is 0.416 e. The Balaban J connectivity index is 2.23. The average Bonchev–Trinajstić information content (AvgIpc) is 2.66. The number of nitrogens with one attached hydrogen (secondary N) is 2. The van der Waals surface area contributed by atoms with E-state index in [1.807, 2.05) is 7.05 Å². The molecule has 0 bridgehead atoms. The van der Waals surface area contributed by atoms with Crippen molar-refractivity contribution >= 4 is 28.9 Å². The summed E-state index contributed by atoms with van der Waals surface area (Å²) in [5.41, 5.74) is 0.283. The van der Waals surface area contributed by atoms with Gasteiger partial charge in [0, 0.05) is 31.8 Å². The lowest BCUT2D eigenvalue weighted by atomic mass is 10.1. The molecule has 0 saturated heterocycles. The summed E-state index contributed by atoms with van der Waals surface area (Å²) in [4.78, 5) is 25.9. The van der Waals surface area contributed by atoms with Gasteiger partial charge in [-0.05, 0) is 48.9 Å². The second kappa shape index (κ2) is 9.45. The molecule has 0 atom stereocenters. The monoisotopic (exact) mass is 407 g/mol. The molecule has 5 nitrogen and oxygen atoms in total. The number of alkyl halides is 3. The summed E-state index contributed by atoms with van der Waals surface area (Å²) in [5, 5.41) is 4.89. The van der Waals surface area contributed by atoms with E-state index >= 15 is 0 Å². The molecule has 0 saturated carbocycles. The Kier molecular flexibility index (Phi) is 7.25. The number of hydrogen-bond donors (Lipinski definition) is 2. The molecule has 0 unspecified atom stereocenters. The summed E-state index contributed by atoms with van der Waals surface area (Å²) >= 11 is 0. The molecule has 2 rings (SSSR count). The third-order valence-corrected chi connectivity index (χ3v) is 4.32. The zero-order chi connectivity index (χ0) is 21.6. The van der Waals surface area contributed by atoms with Gasteiger partial charge in [-0.25, -0.2) is 0 Å². The molecule has 0 aliphatic rings. The summed E-state index contributed by atoms with van der Waals surface area (Å²) in [7, 11) is 1.95. The summed E-state index contributed by atoms with van der Waals surface area (Å²) < 4.78 is 39.1. The van der Waals surface area contributed by atoms with Crippen molar-refractivity contribution in [1.29, 1.82) is 0 Å². The first-order valence-corrected chi connectivity index (χ1v) is 9.23. The molecule has 156 valence electrons. The Hall–Kier alpha value is -3.03. The fraction of sp³-hybridized carbons (Fsp3) is 0.333. The number of unbranched alkanes of at least 4 members (excludes halogenated alkanes) is 1. The van der Waals surface area contributed by atoms with Crippen LogP contribution in [-0.4, -0.2) is 25.4 Å². The summed E-state index contributed by atoms with van der Waals surface area (Å²) in [6.07, 6.45) is -2.46. The van der Waals surface area contributed by atoms with Crippen molar-refractivity contribution in [1.82, 2.24) is 0 Å². The van der Waals surface area contributed by atoms with Gasteiger partial charge >= 0.3 is 6.18 Å². The van der Waals surface area contributed by atoms with Crippen LogP contribution in [0.3, 0.4) is 0 Å². The molecule has 2 aromatic carbocycles. The van der Waals surface area contributed by atoms with Crippen molar-refractivity contribution in [3.63, 3.8) is 0 Å². The lowest BCUT2D eigenvalue weighted by Gasteiger charge is -2.19. The third kappa shape index (κ3) is 6.23. The van der Waals surface area contributed by atoms with Crippen molar-refractivity contribution in [3.8, 4) is 0 Å². The predicted molar refractivity (Wildman–Crippen MR) is 108 cm³/mol. The van der Waals surface area contributed by atoms with Crippen LogP contribution >= 0.6 is 0 Å². The molecule has 0 aliphatic heterocycles. The number of hydrogen-bond acceptors (Lipinski definition) is 3. The van der Waals surface area contributed by atoms with Gasteiger partial charge in [-0.15, -0.1) is 0 Å². The van der Waals surface area contributed by atoms with E-state index in [0.717, 1.165) is 43.3 Å². The molecular formula is C21H24F3N3O2. The van der Waals surface area contributed by atoms with Crippen LogP contribution < -0.4 is 15.5 Å². The minimum absolute atomic E-state index is 0.0924. The first kappa shape index (κ1) is 22.3.